The van der Waals surface area contributed by atoms with E-state index in [0.717, 1.165) is 16.3 Å². The highest BCUT2D eigenvalue weighted by molar-refractivity contribution is 7.92. The molecule has 7 nitrogen and oxygen atoms in total. The molecule has 0 bridgehead atoms. The van der Waals surface area contributed by atoms with Crippen LogP contribution in [-0.4, -0.2) is 44.3 Å². The number of carbonyl (C=O) groups excluding carboxylic acids is 2. The summed E-state index contributed by atoms with van der Waals surface area (Å²) in [4.78, 5) is 28.8. The van der Waals surface area contributed by atoms with Crippen LogP contribution in [0.1, 0.15) is 43.4 Å². The molecule has 1 N–H and O–H groups in total. The van der Waals surface area contributed by atoms with E-state index in [9.17, 15) is 18.0 Å². The van der Waals surface area contributed by atoms with E-state index in [1.165, 1.54) is 17.0 Å². The number of carbonyl (C=O) groups is 2. The Labute approximate surface area is 247 Å². The third-order valence-corrected chi connectivity index (χ3v) is 9.02. The van der Waals surface area contributed by atoms with Crippen molar-refractivity contribution in [1.29, 1.82) is 0 Å². The zero-order valence-corrected chi connectivity index (χ0v) is 25.5. The van der Waals surface area contributed by atoms with Crippen LogP contribution in [0.25, 0.3) is 0 Å². The largest absolute Gasteiger partial charge is 0.354 e. The van der Waals surface area contributed by atoms with E-state index in [1.54, 1.807) is 55.5 Å². The lowest BCUT2D eigenvalue weighted by Crippen LogP contribution is -2.52. The molecule has 3 aromatic carbocycles. The van der Waals surface area contributed by atoms with E-state index in [1.807, 2.05) is 26.8 Å². The molecule has 3 aromatic rings. The van der Waals surface area contributed by atoms with Crippen molar-refractivity contribution in [1.82, 2.24) is 10.2 Å². The number of halogens is 2. The molecule has 0 aliphatic carbocycles. The number of hydrogen-bond donors (Lipinski definition) is 1. The van der Waals surface area contributed by atoms with Crippen molar-refractivity contribution in [2.24, 2.45) is 0 Å². The van der Waals surface area contributed by atoms with Crippen LogP contribution in [0, 0.1) is 13.8 Å². The summed E-state index contributed by atoms with van der Waals surface area (Å²) in [6.07, 6.45) is 1.07. The molecule has 1 unspecified atom stereocenters. The van der Waals surface area contributed by atoms with Crippen LogP contribution < -0.4 is 9.62 Å². The van der Waals surface area contributed by atoms with Gasteiger partial charge in [0.15, 0.2) is 0 Å². The highest BCUT2D eigenvalue weighted by Gasteiger charge is 2.34. The van der Waals surface area contributed by atoms with Crippen LogP contribution in [0.5, 0.6) is 0 Å². The molecule has 10 heteroatoms. The highest BCUT2D eigenvalue weighted by Crippen LogP contribution is 2.29. The molecule has 0 saturated heterocycles. The van der Waals surface area contributed by atoms with Gasteiger partial charge in [-0.3, -0.25) is 13.9 Å². The summed E-state index contributed by atoms with van der Waals surface area (Å²) in [5.74, 6) is -0.828. The maximum Gasteiger partial charge on any atom is 0.264 e. The molecule has 0 aliphatic rings. The Bertz CT molecular complexity index is 1450. The molecule has 0 heterocycles. The second kappa shape index (κ2) is 14.0. The van der Waals surface area contributed by atoms with Crippen molar-refractivity contribution >= 4 is 50.7 Å². The van der Waals surface area contributed by atoms with Gasteiger partial charge in [0, 0.05) is 13.1 Å². The summed E-state index contributed by atoms with van der Waals surface area (Å²) in [7, 11) is -4.12. The lowest BCUT2D eigenvalue weighted by atomic mass is 10.1. The molecule has 0 saturated carbocycles. The highest BCUT2D eigenvalue weighted by atomic mass is 35.5. The zero-order valence-electron chi connectivity index (χ0n) is 23.2. The monoisotopic (exact) mass is 603 g/mol. The standard InChI is InChI=1S/C30H35Cl2N3O4S/c1-5-16-33-30(37)27(6-2)34(19-23-13-14-25(31)26(32)18-23)29(36)20-35(28-15-12-21(3)17-22(28)4)40(38,39)24-10-8-7-9-11-24/h7-15,17-18,27H,5-6,16,19-20H2,1-4H3,(H,33,37). The molecular formula is C30H35Cl2N3O4S. The molecule has 0 aliphatic heterocycles. The Balaban J connectivity index is 2.09. The SMILES string of the molecule is CCCNC(=O)C(CC)N(Cc1ccc(Cl)c(Cl)c1)C(=O)CN(c1ccc(C)cc1C)S(=O)(=O)c1ccccc1. The normalized spacial score (nSPS) is 12.1. The van der Waals surface area contributed by atoms with Gasteiger partial charge in [-0.1, -0.05) is 79.0 Å². The Hall–Kier alpha value is -3.07. The average Bonchev–Trinajstić information content (AvgIpc) is 2.93. The van der Waals surface area contributed by atoms with Crippen LogP contribution in [-0.2, 0) is 26.2 Å². The molecule has 0 radical (unpaired) electrons. The summed E-state index contributed by atoms with van der Waals surface area (Å²) < 4.78 is 29.0. The van der Waals surface area contributed by atoms with Crippen molar-refractivity contribution in [3.8, 4) is 0 Å². The van der Waals surface area contributed by atoms with Gasteiger partial charge in [-0.25, -0.2) is 8.42 Å². The minimum absolute atomic E-state index is 0.0415. The number of nitrogens with zero attached hydrogens (tertiary/aromatic N) is 2. The predicted octanol–water partition coefficient (Wildman–Crippen LogP) is 6.14. The van der Waals surface area contributed by atoms with Gasteiger partial charge in [0.25, 0.3) is 10.0 Å². The number of nitrogens with one attached hydrogen (secondary N) is 1. The van der Waals surface area contributed by atoms with Gasteiger partial charge in [0.05, 0.1) is 20.6 Å². The van der Waals surface area contributed by atoms with Crippen LogP contribution in [0.4, 0.5) is 5.69 Å². The van der Waals surface area contributed by atoms with E-state index in [2.05, 4.69) is 5.32 Å². The first kappa shape index (κ1) is 31.5. The minimum atomic E-state index is -4.12. The van der Waals surface area contributed by atoms with E-state index in [4.69, 9.17) is 23.2 Å². The summed E-state index contributed by atoms with van der Waals surface area (Å²) >= 11 is 12.3. The third kappa shape index (κ3) is 7.56. The van der Waals surface area contributed by atoms with Crippen LogP contribution >= 0.6 is 23.2 Å². The molecule has 1 atom stereocenters. The molecule has 214 valence electrons. The second-order valence-corrected chi connectivity index (χ2v) is 12.3. The number of anilines is 1. The van der Waals surface area contributed by atoms with Gasteiger partial charge in [0.2, 0.25) is 11.8 Å². The van der Waals surface area contributed by atoms with Crippen molar-refractivity contribution in [2.45, 2.75) is 58.0 Å². The molecule has 0 spiro atoms. The van der Waals surface area contributed by atoms with Crippen molar-refractivity contribution in [3.05, 3.63) is 93.5 Å². The first-order valence-corrected chi connectivity index (χ1v) is 15.3. The zero-order chi connectivity index (χ0) is 29.4. The van der Waals surface area contributed by atoms with Gasteiger partial charge >= 0.3 is 0 Å². The maximum absolute atomic E-state index is 14.1. The van der Waals surface area contributed by atoms with E-state index in [0.29, 0.717) is 39.8 Å². The third-order valence-electron chi connectivity index (χ3n) is 6.50. The molecule has 0 aromatic heterocycles. The Morgan fingerprint density at radius 2 is 1.62 bits per heavy atom. The van der Waals surface area contributed by atoms with Crippen LogP contribution in [0.15, 0.2) is 71.6 Å². The smallest absolute Gasteiger partial charge is 0.264 e. The Morgan fingerprint density at radius 1 is 0.925 bits per heavy atom. The first-order valence-electron chi connectivity index (χ1n) is 13.2. The van der Waals surface area contributed by atoms with Crippen LogP contribution in [0.3, 0.4) is 0 Å². The first-order chi connectivity index (χ1) is 19.0. The molecular weight excluding hydrogens is 569 g/mol. The quantitative estimate of drug-likeness (QED) is 0.269. The molecule has 2 amide bonds. The van der Waals surface area contributed by atoms with Gasteiger partial charge in [-0.15, -0.1) is 0 Å². The minimum Gasteiger partial charge on any atom is -0.354 e. The van der Waals surface area contributed by atoms with E-state index >= 15 is 0 Å². The topological polar surface area (TPSA) is 86.8 Å². The average molecular weight is 605 g/mol. The summed E-state index contributed by atoms with van der Waals surface area (Å²) in [5, 5.41) is 3.55. The van der Waals surface area contributed by atoms with Crippen molar-refractivity contribution in [2.75, 3.05) is 17.4 Å². The molecule has 3 rings (SSSR count). The Kier molecular flexibility index (Phi) is 11.0. The van der Waals surface area contributed by atoms with Crippen molar-refractivity contribution < 1.29 is 18.0 Å². The maximum atomic E-state index is 14.1. The number of sulfonamides is 1. The van der Waals surface area contributed by atoms with Gasteiger partial charge in [0.1, 0.15) is 12.6 Å². The molecule has 0 fully saturated rings. The number of aryl methyl sites for hydroxylation is 2. The number of rotatable bonds is 12. The van der Waals surface area contributed by atoms with Gasteiger partial charge in [-0.05, 0) is 68.1 Å². The van der Waals surface area contributed by atoms with Crippen LogP contribution in [0.2, 0.25) is 10.0 Å². The number of amides is 2. The predicted molar refractivity (Wildman–Crippen MR) is 161 cm³/mol. The summed E-state index contributed by atoms with van der Waals surface area (Å²) in [5.41, 5.74) is 2.72. The summed E-state index contributed by atoms with van der Waals surface area (Å²) in [6.45, 7) is 7.48. The van der Waals surface area contributed by atoms with Gasteiger partial charge < -0.3 is 10.2 Å². The molecule has 40 heavy (non-hydrogen) atoms. The fourth-order valence-corrected chi connectivity index (χ4v) is 6.26. The lowest BCUT2D eigenvalue weighted by Gasteiger charge is -2.33. The summed E-state index contributed by atoms with van der Waals surface area (Å²) in [6, 6.07) is 17.5. The lowest BCUT2D eigenvalue weighted by molar-refractivity contribution is -0.140. The van der Waals surface area contributed by atoms with E-state index in [-0.39, 0.29) is 17.3 Å². The fraction of sp³-hybridized carbons (Fsp3) is 0.333. The van der Waals surface area contributed by atoms with E-state index < -0.39 is 28.5 Å². The fourth-order valence-electron chi connectivity index (χ4n) is 4.44. The Morgan fingerprint density at radius 3 is 2.23 bits per heavy atom. The number of hydrogen-bond acceptors (Lipinski definition) is 4. The second-order valence-electron chi connectivity index (χ2n) is 9.60. The van der Waals surface area contributed by atoms with Crippen molar-refractivity contribution in [3.63, 3.8) is 0 Å². The number of benzene rings is 3. The van der Waals surface area contributed by atoms with Gasteiger partial charge in [-0.2, -0.15) is 0 Å².